The van der Waals surface area contributed by atoms with Gasteiger partial charge in [0, 0.05) is 11.4 Å². The third kappa shape index (κ3) is 7.45. The van der Waals surface area contributed by atoms with E-state index >= 15 is 0 Å². The van der Waals surface area contributed by atoms with Crippen molar-refractivity contribution in [2.24, 2.45) is 0 Å². The molecule has 7 nitrogen and oxygen atoms in total. The second kappa shape index (κ2) is 12.7. The average Bonchev–Trinajstić information content (AvgIpc) is 2.86. The fraction of sp³-hybridized carbons (Fsp3) is 0.207. The van der Waals surface area contributed by atoms with Crippen molar-refractivity contribution in [1.29, 1.82) is 5.26 Å². The summed E-state index contributed by atoms with van der Waals surface area (Å²) in [6.07, 6.45) is 1.47. The smallest absolute Gasteiger partial charge is 0.266 e. The first-order valence-corrected chi connectivity index (χ1v) is 12.5. The molecular weight excluding hydrogens is 534 g/mol. The number of benzene rings is 3. The Balaban J connectivity index is 1.77. The zero-order chi connectivity index (χ0) is 26.9. The molecule has 0 fully saturated rings. The molecule has 0 aliphatic rings. The number of aryl methyl sites for hydroxylation is 2. The fourth-order valence-electron chi connectivity index (χ4n) is 3.44. The van der Waals surface area contributed by atoms with Crippen LogP contribution in [0.25, 0.3) is 6.08 Å². The van der Waals surface area contributed by atoms with Crippen molar-refractivity contribution in [1.82, 2.24) is 0 Å². The predicted octanol–water partition coefficient (Wildman–Crippen LogP) is 6.34. The molecule has 0 heterocycles. The van der Waals surface area contributed by atoms with Crippen LogP contribution in [0.5, 0.6) is 11.5 Å². The number of ether oxygens (including phenoxy) is 2. The van der Waals surface area contributed by atoms with E-state index in [9.17, 15) is 14.9 Å². The van der Waals surface area contributed by atoms with Gasteiger partial charge >= 0.3 is 0 Å². The molecule has 2 amide bonds. The van der Waals surface area contributed by atoms with Gasteiger partial charge in [0.15, 0.2) is 18.1 Å². The SMILES string of the molecule is CCOc1cc(/C=C(/C#N)C(=O)Nc2ccc(C)cc2)cc(Br)c1OCC(=O)Nc1cccc(C)c1C. The molecule has 8 heteroatoms. The number of rotatable bonds is 9. The third-order valence-electron chi connectivity index (χ3n) is 5.54. The number of nitrogens with zero attached hydrogens (tertiary/aromatic N) is 1. The maximum Gasteiger partial charge on any atom is 0.266 e. The molecule has 0 aliphatic heterocycles. The minimum Gasteiger partial charge on any atom is -0.490 e. The van der Waals surface area contributed by atoms with E-state index in [-0.39, 0.29) is 18.1 Å². The van der Waals surface area contributed by atoms with Crippen molar-refractivity contribution in [2.45, 2.75) is 27.7 Å². The van der Waals surface area contributed by atoms with Crippen LogP contribution < -0.4 is 20.1 Å². The van der Waals surface area contributed by atoms with Crippen molar-refractivity contribution in [2.75, 3.05) is 23.8 Å². The van der Waals surface area contributed by atoms with E-state index < -0.39 is 5.91 Å². The molecule has 3 rings (SSSR count). The molecule has 0 saturated carbocycles. The lowest BCUT2D eigenvalue weighted by Crippen LogP contribution is -2.21. The zero-order valence-electron chi connectivity index (χ0n) is 21.1. The van der Waals surface area contributed by atoms with Crippen LogP contribution in [0, 0.1) is 32.1 Å². The molecule has 0 aromatic heterocycles. The molecule has 2 N–H and O–H groups in total. The second-order valence-electron chi connectivity index (χ2n) is 8.34. The maximum absolute atomic E-state index is 12.7. The molecule has 0 saturated heterocycles. The summed E-state index contributed by atoms with van der Waals surface area (Å²) in [6.45, 7) is 7.81. The molecule has 0 unspecified atom stereocenters. The Morgan fingerprint density at radius 1 is 1.03 bits per heavy atom. The highest BCUT2D eigenvalue weighted by Gasteiger charge is 2.16. The quantitative estimate of drug-likeness (QED) is 0.234. The Bertz CT molecular complexity index is 1380. The minimum absolute atomic E-state index is 0.0727. The maximum atomic E-state index is 12.7. The first-order valence-electron chi connectivity index (χ1n) is 11.7. The number of anilines is 2. The lowest BCUT2D eigenvalue weighted by atomic mass is 10.1. The fourth-order valence-corrected chi connectivity index (χ4v) is 4.01. The number of hydrogen-bond acceptors (Lipinski definition) is 5. The summed E-state index contributed by atoms with van der Waals surface area (Å²) in [4.78, 5) is 25.2. The van der Waals surface area contributed by atoms with Crippen LogP contribution in [0.15, 0.2) is 64.6 Å². The molecule has 0 bridgehead atoms. The van der Waals surface area contributed by atoms with Crippen LogP contribution in [0.4, 0.5) is 11.4 Å². The normalized spacial score (nSPS) is 10.9. The Hall–Kier alpha value is -4.09. The second-order valence-corrected chi connectivity index (χ2v) is 9.19. The van der Waals surface area contributed by atoms with Crippen LogP contribution in [0.1, 0.15) is 29.2 Å². The Kier molecular flexibility index (Phi) is 9.47. The monoisotopic (exact) mass is 561 g/mol. The van der Waals surface area contributed by atoms with Crippen molar-refractivity contribution in [3.05, 3.63) is 86.9 Å². The first kappa shape index (κ1) is 27.5. The van der Waals surface area contributed by atoms with Crippen molar-refractivity contribution >= 4 is 45.2 Å². The van der Waals surface area contributed by atoms with Gasteiger partial charge in [-0.15, -0.1) is 0 Å². The van der Waals surface area contributed by atoms with Crippen molar-refractivity contribution in [3.63, 3.8) is 0 Å². The molecule has 190 valence electrons. The van der Waals surface area contributed by atoms with Gasteiger partial charge in [0.2, 0.25) is 0 Å². The molecule has 0 aliphatic carbocycles. The van der Waals surface area contributed by atoms with Crippen molar-refractivity contribution in [3.8, 4) is 17.6 Å². The van der Waals surface area contributed by atoms with Gasteiger partial charge in [0.25, 0.3) is 11.8 Å². The van der Waals surface area contributed by atoms with Crippen LogP contribution in [0.2, 0.25) is 0 Å². The molecule has 0 atom stereocenters. The van der Waals surface area contributed by atoms with Crippen LogP contribution in [0.3, 0.4) is 0 Å². The van der Waals surface area contributed by atoms with Gasteiger partial charge in [-0.25, -0.2) is 0 Å². The standard InChI is InChI=1S/C29H28BrN3O4/c1-5-36-26-15-21(13-22(16-31)29(35)32-23-11-9-18(2)10-12-23)14-24(30)28(26)37-17-27(34)33-25-8-6-7-19(3)20(25)4/h6-15H,5,17H2,1-4H3,(H,32,35)(H,33,34)/b22-13-. The highest BCUT2D eigenvalue weighted by molar-refractivity contribution is 9.10. The topological polar surface area (TPSA) is 100 Å². The van der Waals surface area contributed by atoms with E-state index in [0.29, 0.717) is 33.8 Å². The summed E-state index contributed by atoms with van der Waals surface area (Å²) in [5.41, 5.74) is 4.93. The Morgan fingerprint density at radius 2 is 1.76 bits per heavy atom. The van der Waals surface area contributed by atoms with E-state index in [4.69, 9.17) is 9.47 Å². The lowest BCUT2D eigenvalue weighted by molar-refractivity contribution is -0.118. The molecule has 37 heavy (non-hydrogen) atoms. The van der Waals surface area contributed by atoms with Gasteiger partial charge < -0.3 is 20.1 Å². The zero-order valence-corrected chi connectivity index (χ0v) is 22.7. The number of nitriles is 1. The molecule has 0 spiro atoms. The number of carbonyl (C=O) groups excluding carboxylic acids is 2. The lowest BCUT2D eigenvalue weighted by Gasteiger charge is -2.15. The highest BCUT2D eigenvalue weighted by Crippen LogP contribution is 2.37. The predicted molar refractivity (Wildman–Crippen MR) is 149 cm³/mol. The molecule has 3 aromatic carbocycles. The first-order chi connectivity index (χ1) is 17.7. The van der Waals surface area contributed by atoms with Gasteiger partial charge in [0.1, 0.15) is 11.6 Å². The van der Waals surface area contributed by atoms with E-state index in [1.807, 2.05) is 64.1 Å². The summed E-state index contributed by atoms with van der Waals surface area (Å²) in [5.74, 6) is -0.118. The summed E-state index contributed by atoms with van der Waals surface area (Å²) in [6, 6.07) is 18.3. The number of hydrogen-bond donors (Lipinski definition) is 2. The van der Waals surface area contributed by atoms with E-state index in [1.165, 1.54) is 6.08 Å². The molecular formula is C29H28BrN3O4. The summed E-state index contributed by atoms with van der Waals surface area (Å²) in [7, 11) is 0. The van der Waals surface area contributed by atoms with Gasteiger partial charge in [-0.1, -0.05) is 29.8 Å². The van der Waals surface area contributed by atoms with E-state index in [2.05, 4.69) is 26.6 Å². The van der Waals surface area contributed by atoms with E-state index in [1.54, 1.807) is 24.3 Å². The third-order valence-corrected chi connectivity index (χ3v) is 6.13. The summed E-state index contributed by atoms with van der Waals surface area (Å²) in [5, 5.41) is 15.2. The molecule has 0 radical (unpaired) electrons. The number of nitrogens with one attached hydrogen (secondary N) is 2. The van der Waals surface area contributed by atoms with E-state index in [0.717, 1.165) is 22.4 Å². The van der Waals surface area contributed by atoms with Gasteiger partial charge in [-0.3, -0.25) is 9.59 Å². The summed E-state index contributed by atoms with van der Waals surface area (Å²) < 4.78 is 12.0. The number of halogens is 1. The molecule has 3 aromatic rings. The van der Waals surface area contributed by atoms with Crippen LogP contribution in [-0.4, -0.2) is 25.0 Å². The Labute approximate surface area is 225 Å². The average molecular weight is 562 g/mol. The minimum atomic E-state index is -0.524. The van der Waals surface area contributed by atoms with Gasteiger partial charge in [-0.2, -0.15) is 5.26 Å². The number of amides is 2. The number of carbonyl (C=O) groups is 2. The van der Waals surface area contributed by atoms with Gasteiger partial charge in [-0.05, 0) is 96.7 Å². The van der Waals surface area contributed by atoms with Gasteiger partial charge in [0.05, 0.1) is 11.1 Å². The van der Waals surface area contributed by atoms with Crippen LogP contribution >= 0.6 is 15.9 Å². The Morgan fingerprint density at radius 3 is 2.43 bits per heavy atom. The summed E-state index contributed by atoms with van der Waals surface area (Å²) >= 11 is 3.47. The van der Waals surface area contributed by atoms with Crippen molar-refractivity contribution < 1.29 is 19.1 Å². The van der Waals surface area contributed by atoms with Crippen LogP contribution in [-0.2, 0) is 9.59 Å². The largest absolute Gasteiger partial charge is 0.490 e. The highest BCUT2D eigenvalue weighted by atomic mass is 79.9.